The number of nitrogens with two attached hydrogens (primary N) is 1. The Morgan fingerprint density at radius 2 is 2.12 bits per heavy atom. The molecule has 0 fully saturated rings. The van der Waals surface area contributed by atoms with Crippen LogP contribution < -0.4 is 5.32 Å². The van der Waals surface area contributed by atoms with Crippen LogP contribution in [-0.2, 0) is 6.54 Å². The lowest BCUT2D eigenvalue weighted by Crippen LogP contribution is -2.82. The molecule has 0 spiro atoms. The maximum atomic E-state index is 5.27. The second-order valence-corrected chi connectivity index (χ2v) is 4.68. The summed E-state index contributed by atoms with van der Waals surface area (Å²) in [7, 11) is 0. The minimum absolute atomic E-state index is 0.921. The van der Waals surface area contributed by atoms with E-state index in [0.29, 0.717) is 0 Å². The topological polar surface area (TPSA) is 29.8 Å². The Kier molecular flexibility index (Phi) is 6.41. The van der Waals surface area contributed by atoms with E-state index in [1.165, 1.54) is 17.6 Å². The Labute approximate surface area is 104 Å². The molecule has 1 aromatic rings. The van der Waals surface area contributed by atoms with Crippen molar-refractivity contribution in [2.24, 2.45) is 0 Å². The van der Waals surface area contributed by atoms with Crippen molar-refractivity contribution in [2.75, 3.05) is 6.54 Å². The lowest BCUT2D eigenvalue weighted by molar-refractivity contribution is -0.663. The summed E-state index contributed by atoms with van der Waals surface area (Å²) < 4.78 is 5.27. The quantitative estimate of drug-likeness (QED) is 0.570. The average molecular weight is 234 g/mol. The van der Waals surface area contributed by atoms with Gasteiger partial charge in [-0.15, -0.1) is 0 Å². The van der Waals surface area contributed by atoms with E-state index in [-0.39, 0.29) is 0 Å². The summed E-state index contributed by atoms with van der Waals surface area (Å²) in [6, 6.07) is 3.95. The predicted octanol–water partition coefficient (Wildman–Crippen LogP) is 3.04. The first kappa shape index (κ1) is 13.8. The monoisotopic (exact) mass is 234 g/mol. The summed E-state index contributed by atoms with van der Waals surface area (Å²) in [5, 5.41) is 2.25. The van der Waals surface area contributed by atoms with Gasteiger partial charge in [0, 0.05) is 0 Å². The number of hydrogen-bond acceptors (Lipinski definition) is 1. The van der Waals surface area contributed by atoms with Gasteiger partial charge in [0.1, 0.15) is 6.54 Å². The molecule has 0 aliphatic rings. The average Bonchev–Trinajstić information content (AvgIpc) is 2.76. The molecule has 2 N–H and O–H groups in total. The van der Waals surface area contributed by atoms with Crippen LogP contribution in [0.1, 0.15) is 39.4 Å². The maximum Gasteiger partial charge on any atom is 0.157 e. The van der Waals surface area contributed by atoms with E-state index in [4.69, 9.17) is 4.42 Å². The third kappa shape index (κ3) is 6.80. The molecule has 2 nitrogen and oxygen atoms in total. The molecule has 0 amide bonds. The molecule has 0 aliphatic heterocycles. The zero-order chi connectivity index (χ0) is 12.5. The first-order valence-electron chi connectivity index (χ1n) is 6.31. The van der Waals surface area contributed by atoms with Crippen LogP contribution in [0.15, 0.2) is 46.1 Å². The number of rotatable bonds is 7. The van der Waals surface area contributed by atoms with Gasteiger partial charge in [-0.25, -0.2) is 0 Å². The Morgan fingerprint density at radius 3 is 2.76 bits per heavy atom. The Hall–Kier alpha value is -1.28. The molecule has 1 heterocycles. The van der Waals surface area contributed by atoms with E-state index in [1.807, 2.05) is 12.1 Å². The molecule has 0 bridgehead atoms. The molecule has 0 saturated carbocycles. The smallest absolute Gasteiger partial charge is 0.157 e. The van der Waals surface area contributed by atoms with Crippen LogP contribution in [0.2, 0.25) is 0 Å². The van der Waals surface area contributed by atoms with E-state index in [9.17, 15) is 0 Å². The lowest BCUT2D eigenvalue weighted by Gasteiger charge is -1.99. The Bertz CT molecular complexity index is 356. The second-order valence-electron chi connectivity index (χ2n) is 4.68. The molecule has 0 radical (unpaired) electrons. The van der Waals surface area contributed by atoms with Crippen LogP contribution in [0.25, 0.3) is 0 Å². The summed E-state index contributed by atoms with van der Waals surface area (Å²) >= 11 is 0. The van der Waals surface area contributed by atoms with E-state index in [2.05, 4.69) is 38.2 Å². The summed E-state index contributed by atoms with van der Waals surface area (Å²) in [6.07, 6.45) is 8.65. The van der Waals surface area contributed by atoms with Gasteiger partial charge >= 0.3 is 0 Å². The van der Waals surface area contributed by atoms with Gasteiger partial charge in [-0.05, 0) is 51.8 Å². The molecule has 1 rings (SSSR count). The maximum absolute atomic E-state index is 5.27. The SMILES string of the molecule is CC(C)=CCC/C(C)=C\C[NH2+]Cc1ccco1. The van der Waals surface area contributed by atoms with Gasteiger partial charge < -0.3 is 9.73 Å². The lowest BCUT2D eigenvalue weighted by atomic mass is 10.1. The number of quaternary nitrogens is 1. The first-order valence-corrected chi connectivity index (χ1v) is 6.31. The van der Waals surface area contributed by atoms with E-state index in [1.54, 1.807) is 6.26 Å². The highest BCUT2D eigenvalue weighted by atomic mass is 16.3. The molecule has 2 heteroatoms. The molecule has 0 saturated heterocycles. The summed E-state index contributed by atoms with van der Waals surface area (Å²) in [5.41, 5.74) is 2.88. The van der Waals surface area contributed by atoms with Gasteiger partial charge in [0.05, 0.1) is 12.8 Å². The van der Waals surface area contributed by atoms with E-state index >= 15 is 0 Å². The molecule has 94 valence electrons. The largest absolute Gasteiger partial charge is 0.463 e. The van der Waals surface area contributed by atoms with Gasteiger partial charge in [-0.3, -0.25) is 0 Å². The fraction of sp³-hybridized carbons (Fsp3) is 0.467. The summed E-state index contributed by atoms with van der Waals surface area (Å²) in [4.78, 5) is 0. The number of allylic oxidation sites excluding steroid dienone is 3. The highest BCUT2D eigenvalue weighted by molar-refractivity contribution is 5.02. The zero-order valence-electron chi connectivity index (χ0n) is 11.2. The van der Waals surface area contributed by atoms with Crippen LogP contribution >= 0.6 is 0 Å². The Balaban J connectivity index is 2.13. The molecule has 0 aliphatic carbocycles. The minimum Gasteiger partial charge on any atom is -0.463 e. The van der Waals surface area contributed by atoms with Crippen LogP contribution in [0, 0.1) is 0 Å². The molecular formula is C15H24NO+. The van der Waals surface area contributed by atoms with Crippen molar-refractivity contribution in [3.63, 3.8) is 0 Å². The van der Waals surface area contributed by atoms with Crippen molar-refractivity contribution >= 4 is 0 Å². The third-order valence-electron chi connectivity index (χ3n) is 2.65. The minimum atomic E-state index is 0.921. The third-order valence-corrected chi connectivity index (χ3v) is 2.65. The molecule has 0 unspecified atom stereocenters. The molecular weight excluding hydrogens is 210 g/mol. The highest BCUT2D eigenvalue weighted by Crippen LogP contribution is 2.05. The molecule has 1 aromatic heterocycles. The molecule has 0 atom stereocenters. The van der Waals surface area contributed by atoms with Gasteiger partial charge in [-0.2, -0.15) is 0 Å². The van der Waals surface area contributed by atoms with Gasteiger partial charge in [0.25, 0.3) is 0 Å². The normalized spacial score (nSPS) is 11.6. The predicted molar refractivity (Wildman–Crippen MR) is 71.6 cm³/mol. The van der Waals surface area contributed by atoms with Crippen molar-refractivity contribution in [2.45, 2.75) is 40.2 Å². The van der Waals surface area contributed by atoms with Crippen LogP contribution in [0.4, 0.5) is 0 Å². The van der Waals surface area contributed by atoms with Crippen molar-refractivity contribution in [1.29, 1.82) is 0 Å². The van der Waals surface area contributed by atoms with Gasteiger partial charge in [0.2, 0.25) is 0 Å². The first-order chi connectivity index (χ1) is 8.18. The van der Waals surface area contributed by atoms with Crippen LogP contribution in [0.3, 0.4) is 0 Å². The van der Waals surface area contributed by atoms with Crippen LogP contribution in [0.5, 0.6) is 0 Å². The summed E-state index contributed by atoms with van der Waals surface area (Å²) in [6.45, 7) is 8.46. The van der Waals surface area contributed by atoms with E-state index < -0.39 is 0 Å². The van der Waals surface area contributed by atoms with Crippen molar-refractivity contribution < 1.29 is 9.73 Å². The Morgan fingerprint density at radius 1 is 1.29 bits per heavy atom. The standard InChI is InChI=1S/C15H23NO/c1-13(2)6-4-7-14(3)9-10-16-12-15-8-5-11-17-15/h5-6,8-9,11,16H,4,7,10,12H2,1-3H3/p+1/b14-9-. The fourth-order valence-electron chi connectivity index (χ4n) is 1.63. The summed E-state index contributed by atoms with van der Waals surface area (Å²) in [5.74, 6) is 1.04. The fourth-order valence-corrected chi connectivity index (χ4v) is 1.63. The van der Waals surface area contributed by atoms with E-state index in [0.717, 1.165) is 25.3 Å². The van der Waals surface area contributed by atoms with Crippen molar-refractivity contribution in [3.05, 3.63) is 47.5 Å². The second kappa shape index (κ2) is 7.91. The highest BCUT2D eigenvalue weighted by Gasteiger charge is 1.96. The van der Waals surface area contributed by atoms with Crippen molar-refractivity contribution in [3.8, 4) is 0 Å². The number of hydrogen-bond donors (Lipinski definition) is 1. The van der Waals surface area contributed by atoms with Crippen molar-refractivity contribution in [1.82, 2.24) is 0 Å². The van der Waals surface area contributed by atoms with Crippen LogP contribution in [-0.4, -0.2) is 6.54 Å². The molecule has 17 heavy (non-hydrogen) atoms. The zero-order valence-corrected chi connectivity index (χ0v) is 11.2. The van der Waals surface area contributed by atoms with Gasteiger partial charge in [0.15, 0.2) is 5.76 Å². The molecule has 0 aromatic carbocycles. The number of furan rings is 1. The van der Waals surface area contributed by atoms with Gasteiger partial charge in [-0.1, -0.05) is 17.2 Å².